The Bertz CT molecular complexity index is 946. The quantitative estimate of drug-likeness (QED) is 0.715. The lowest BCUT2D eigenvalue weighted by atomic mass is 9.96. The Labute approximate surface area is 178 Å². The van der Waals surface area contributed by atoms with Crippen LogP contribution >= 0.6 is 23.2 Å². The van der Waals surface area contributed by atoms with E-state index in [9.17, 15) is 9.59 Å². The predicted octanol–water partition coefficient (Wildman–Crippen LogP) is 3.78. The van der Waals surface area contributed by atoms with Crippen LogP contribution < -0.4 is 10.6 Å². The van der Waals surface area contributed by atoms with Gasteiger partial charge >= 0.3 is 11.9 Å². The number of hydrogen-bond donors (Lipinski definition) is 2. The topological polar surface area (TPSA) is 76.7 Å². The molecule has 0 aliphatic carbocycles. The molecule has 0 saturated carbocycles. The number of fused-ring (bicyclic) bond motifs is 2. The Balaban J connectivity index is 1.73. The molecule has 1 spiro atoms. The molecule has 4 rings (SSSR count). The first-order chi connectivity index (χ1) is 14.0. The summed E-state index contributed by atoms with van der Waals surface area (Å²) in [5.74, 6) is -2.42. The van der Waals surface area contributed by atoms with Crippen LogP contribution in [0.4, 0.5) is 5.69 Å². The van der Waals surface area contributed by atoms with Gasteiger partial charge in [-0.25, -0.2) is 0 Å². The van der Waals surface area contributed by atoms with Crippen LogP contribution in [0.5, 0.6) is 0 Å². The first kappa shape index (κ1) is 20.0. The molecule has 2 aromatic rings. The lowest BCUT2D eigenvalue weighted by Gasteiger charge is -2.32. The van der Waals surface area contributed by atoms with E-state index in [1.165, 1.54) is 0 Å². The standard InChI is InChI=1S/C21H20Cl2N2O4/c22-14-3-1-2-13(10-14)11-25-20-15-8-9-24-12-21(16(15)4-5-17(20)23)28-18(26)6-7-19(27)29-21/h1-5,10,24-25H,6-9,11-12H2. The molecule has 2 heterocycles. The first-order valence-electron chi connectivity index (χ1n) is 9.41. The maximum absolute atomic E-state index is 12.2. The van der Waals surface area contributed by atoms with E-state index in [1.807, 2.05) is 24.3 Å². The summed E-state index contributed by atoms with van der Waals surface area (Å²) in [6, 6.07) is 11.0. The maximum Gasteiger partial charge on any atom is 0.309 e. The Morgan fingerprint density at radius 2 is 1.79 bits per heavy atom. The summed E-state index contributed by atoms with van der Waals surface area (Å²) >= 11 is 12.6. The normalized spacial score (nSPS) is 18.3. The van der Waals surface area contributed by atoms with Crippen molar-refractivity contribution in [2.45, 2.75) is 31.6 Å². The lowest BCUT2D eigenvalue weighted by molar-refractivity contribution is -0.225. The van der Waals surface area contributed by atoms with Crippen molar-refractivity contribution in [1.29, 1.82) is 0 Å². The van der Waals surface area contributed by atoms with Gasteiger partial charge in [-0.1, -0.05) is 35.3 Å². The fraction of sp³-hybridized carbons (Fsp3) is 0.333. The molecule has 0 unspecified atom stereocenters. The van der Waals surface area contributed by atoms with Crippen LogP contribution in [0.15, 0.2) is 36.4 Å². The average molecular weight is 435 g/mol. The number of halogens is 2. The van der Waals surface area contributed by atoms with Gasteiger partial charge in [-0.05, 0) is 48.4 Å². The fourth-order valence-electron chi connectivity index (χ4n) is 3.70. The zero-order chi connectivity index (χ0) is 20.4. The summed E-state index contributed by atoms with van der Waals surface area (Å²) in [6.07, 6.45) is 0.636. The number of carbonyl (C=O) groups excluding carboxylic acids is 2. The molecule has 2 aliphatic heterocycles. The van der Waals surface area contributed by atoms with Gasteiger partial charge in [-0.2, -0.15) is 0 Å². The minimum Gasteiger partial charge on any atom is -0.416 e. The molecule has 0 bridgehead atoms. The Kier molecular flexibility index (Phi) is 5.67. The maximum atomic E-state index is 12.2. The average Bonchev–Trinajstić information content (AvgIpc) is 2.94. The van der Waals surface area contributed by atoms with Crippen LogP contribution in [0, 0.1) is 0 Å². The number of nitrogens with one attached hydrogen (secondary N) is 2. The molecular weight excluding hydrogens is 415 g/mol. The Morgan fingerprint density at radius 3 is 2.52 bits per heavy atom. The highest BCUT2D eigenvalue weighted by atomic mass is 35.5. The van der Waals surface area contributed by atoms with Gasteiger partial charge in [0.2, 0.25) is 0 Å². The van der Waals surface area contributed by atoms with Crippen molar-refractivity contribution in [2.75, 3.05) is 18.4 Å². The fourth-order valence-corrected chi connectivity index (χ4v) is 4.16. The number of anilines is 1. The highest BCUT2D eigenvalue weighted by Gasteiger charge is 2.45. The molecule has 2 aromatic carbocycles. The molecule has 2 aliphatic rings. The summed E-state index contributed by atoms with van der Waals surface area (Å²) < 4.78 is 11.3. The zero-order valence-electron chi connectivity index (χ0n) is 15.6. The van der Waals surface area contributed by atoms with Crippen LogP contribution in [0.2, 0.25) is 10.0 Å². The van der Waals surface area contributed by atoms with Crippen molar-refractivity contribution in [3.05, 3.63) is 63.1 Å². The zero-order valence-corrected chi connectivity index (χ0v) is 17.1. The third-order valence-corrected chi connectivity index (χ3v) is 5.58. The van der Waals surface area contributed by atoms with Crippen molar-refractivity contribution in [2.24, 2.45) is 0 Å². The molecular formula is C21H20Cl2N2O4. The van der Waals surface area contributed by atoms with Crippen molar-refractivity contribution < 1.29 is 19.1 Å². The van der Waals surface area contributed by atoms with Crippen LogP contribution in [-0.4, -0.2) is 25.0 Å². The highest BCUT2D eigenvalue weighted by molar-refractivity contribution is 6.33. The molecule has 0 radical (unpaired) electrons. The number of carbonyl (C=O) groups is 2. The molecule has 0 atom stereocenters. The summed E-state index contributed by atoms with van der Waals surface area (Å²) in [7, 11) is 0. The van der Waals surface area contributed by atoms with Crippen LogP contribution in [0.25, 0.3) is 0 Å². The largest absolute Gasteiger partial charge is 0.416 e. The minimum absolute atomic E-state index is 0.00335. The molecule has 0 amide bonds. The van der Waals surface area contributed by atoms with Gasteiger partial charge in [0.15, 0.2) is 0 Å². The van der Waals surface area contributed by atoms with Gasteiger partial charge in [-0.15, -0.1) is 0 Å². The lowest BCUT2D eigenvalue weighted by Crippen LogP contribution is -2.43. The number of benzene rings is 2. The molecule has 6 nitrogen and oxygen atoms in total. The molecule has 152 valence electrons. The third kappa shape index (κ3) is 4.20. The van der Waals surface area contributed by atoms with E-state index in [0.717, 1.165) is 16.8 Å². The van der Waals surface area contributed by atoms with Gasteiger partial charge in [0, 0.05) is 17.1 Å². The van der Waals surface area contributed by atoms with Gasteiger partial charge in [0.05, 0.1) is 30.1 Å². The second-order valence-electron chi connectivity index (χ2n) is 7.06. The highest BCUT2D eigenvalue weighted by Crippen LogP contribution is 2.40. The summed E-state index contributed by atoms with van der Waals surface area (Å²) in [4.78, 5) is 24.4. The second-order valence-corrected chi connectivity index (χ2v) is 7.90. The van der Waals surface area contributed by atoms with E-state index in [1.54, 1.807) is 12.1 Å². The molecule has 2 N–H and O–H groups in total. The number of ether oxygens (including phenoxy) is 2. The summed E-state index contributed by atoms with van der Waals surface area (Å²) in [6.45, 7) is 1.32. The molecule has 29 heavy (non-hydrogen) atoms. The van der Waals surface area contributed by atoms with Gasteiger partial charge in [0.1, 0.15) is 0 Å². The van der Waals surface area contributed by atoms with E-state index in [-0.39, 0.29) is 19.4 Å². The number of rotatable bonds is 3. The molecule has 0 aromatic heterocycles. The van der Waals surface area contributed by atoms with Crippen LogP contribution in [-0.2, 0) is 37.8 Å². The minimum atomic E-state index is -1.49. The van der Waals surface area contributed by atoms with E-state index in [4.69, 9.17) is 32.7 Å². The molecule has 8 heteroatoms. The third-order valence-electron chi connectivity index (χ3n) is 5.03. The van der Waals surface area contributed by atoms with E-state index < -0.39 is 17.7 Å². The monoisotopic (exact) mass is 434 g/mol. The van der Waals surface area contributed by atoms with Crippen molar-refractivity contribution in [3.63, 3.8) is 0 Å². The van der Waals surface area contributed by atoms with Gasteiger partial charge in [0.25, 0.3) is 5.79 Å². The van der Waals surface area contributed by atoms with Crippen molar-refractivity contribution in [1.82, 2.24) is 5.32 Å². The summed E-state index contributed by atoms with van der Waals surface area (Å²) in [5.41, 5.74) is 3.21. The van der Waals surface area contributed by atoms with E-state index in [2.05, 4.69) is 10.6 Å². The predicted molar refractivity (Wildman–Crippen MR) is 110 cm³/mol. The van der Waals surface area contributed by atoms with E-state index in [0.29, 0.717) is 35.1 Å². The van der Waals surface area contributed by atoms with Gasteiger partial charge < -0.3 is 20.1 Å². The van der Waals surface area contributed by atoms with Gasteiger partial charge in [-0.3, -0.25) is 9.59 Å². The summed E-state index contributed by atoms with van der Waals surface area (Å²) in [5, 5.41) is 7.77. The second kappa shape index (κ2) is 8.22. The van der Waals surface area contributed by atoms with E-state index >= 15 is 0 Å². The Morgan fingerprint density at radius 1 is 1.03 bits per heavy atom. The van der Waals surface area contributed by atoms with Crippen molar-refractivity contribution in [3.8, 4) is 0 Å². The molecule has 1 saturated heterocycles. The number of esters is 2. The smallest absolute Gasteiger partial charge is 0.309 e. The van der Waals surface area contributed by atoms with Crippen LogP contribution in [0.1, 0.15) is 29.5 Å². The number of hydrogen-bond acceptors (Lipinski definition) is 6. The van der Waals surface area contributed by atoms with Crippen molar-refractivity contribution >= 4 is 40.8 Å². The SMILES string of the molecule is O=C1CCC(=O)OC2(CNCCc3c2ccc(Cl)c3NCc2cccc(Cl)c2)O1. The molecule has 1 fully saturated rings. The van der Waals surface area contributed by atoms with Crippen LogP contribution in [0.3, 0.4) is 0 Å². The Hall–Kier alpha value is -2.28. The first-order valence-corrected chi connectivity index (χ1v) is 10.2.